The zero-order valence-electron chi connectivity index (χ0n) is 12.6. The van der Waals surface area contributed by atoms with Gasteiger partial charge in [0.2, 0.25) is 5.91 Å². The van der Waals surface area contributed by atoms with Gasteiger partial charge in [0.25, 0.3) is 0 Å². The van der Waals surface area contributed by atoms with E-state index in [-0.39, 0.29) is 22.8 Å². The summed E-state index contributed by atoms with van der Waals surface area (Å²) in [5.41, 5.74) is 0.503. The fraction of sp³-hybridized carbons (Fsp3) is 0.500. The first-order valence-corrected chi connectivity index (χ1v) is 7.07. The van der Waals surface area contributed by atoms with Gasteiger partial charge >= 0.3 is 5.97 Å². The Labute approximate surface area is 124 Å². The van der Waals surface area contributed by atoms with Crippen LogP contribution in [-0.4, -0.2) is 24.1 Å². The SMILES string of the molecule is COc1ccc(C(=O)O)cc1NC(=O)C1CCCC1(C)C. The molecule has 1 aromatic rings. The average Bonchev–Trinajstić information content (AvgIpc) is 2.78. The Morgan fingerprint density at radius 2 is 2.10 bits per heavy atom. The number of methoxy groups -OCH3 is 1. The fourth-order valence-electron chi connectivity index (χ4n) is 2.97. The highest BCUT2D eigenvalue weighted by molar-refractivity contribution is 5.97. The summed E-state index contributed by atoms with van der Waals surface area (Å²) in [6.45, 7) is 4.18. The average molecular weight is 291 g/mol. The van der Waals surface area contributed by atoms with Crippen LogP contribution >= 0.6 is 0 Å². The second-order valence-electron chi connectivity index (χ2n) is 6.14. The molecule has 21 heavy (non-hydrogen) atoms. The van der Waals surface area contributed by atoms with Crippen LogP contribution in [0.5, 0.6) is 5.75 Å². The fourth-order valence-corrected chi connectivity index (χ4v) is 2.97. The third-order valence-corrected chi connectivity index (χ3v) is 4.28. The van der Waals surface area contributed by atoms with Crippen LogP contribution in [0.2, 0.25) is 0 Å². The Balaban J connectivity index is 2.24. The molecule has 1 aromatic carbocycles. The van der Waals surface area contributed by atoms with Gasteiger partial charge < -0.3 is 15.2 Å². The lowest BCUT2D eigenvalue weighted by Gasteiger charge is -2.26. The van der Waals surface area contributed by atoms with Crippen LogP contribution in [0.3, 0.4) is 0 Å². The highest BCUT2D eigenvalue weighted by Gasteiger charge is 2.39. The summed E-state index contributed by atoms with van der Waals surface area (Å²) in [5.74, 6) is -0.701. The van der Waals surface area contributed by atoms with E-state index in [4.69, 9.17) is 9.84 Å². The third-order valence-electron chi connectivity index (χ3n) is 4.28. The molecule has 5 nitrogen and oxygen atoms in total. The molecule has 0 spiro atoms. The number of hydrogen-bond acceptors (Lipinski definition) is 3. The van der Waals surface area contributed by atoms with Crippen molar-refractivity contribution in [2.45, 2.75) is 33.1 Å². The minimum Gasteiger partial charge on any atom is -0.495 e. The first-order chi connectivity index (χ1) is 9.85. The Bertz CT molecular complexity index is 565. The maximum atomic E-state index is 12.5. The molecule has 0 aromatic heterocycles. The van der Waals surface area contributed by atoms with Crippen molar-refractivity contribution in [1.82, 2.24) is 0 Å². The summed E-state index contributed by atoms with van der Waals surface area (Å²) < 4.78 is 5.19. The minimum absolute atomic E-state index is 0.0261. The second kappa shape index (κ2) is 5.76. The smallest absolute Gasteiger partial charge is 0.335 e. The van der Waals surface area contributed by atoms with Crippen molar-refractivity contribution in [2.75, 3.05) is 12.4 Å². The molecule has 0 saturated heterocycles. The molecule has 2 rings (SSSR count). The van der Waals surface area contributed by atoms with Crippen LogP contribution < -0.4 is 10.1 Å². The van der Waals surface area contributed by atoms with Gasteiger partial charge in [0.1, 0.15) is 5.75 Å². The van der Waals surface area contributed by atoms with Gasteiger partial charge in [-0.25, -0.2) is 4.79 Å². The van der Waals surface area contributed by atoms with Crippen LogP contribution in [0.1, 0.15) is 43.5 Å². The molecule has 2 N–H and O–H groups in total. The topological polar surface area (TPSA) is 75.6 Å². The normalized spacial score (nSPS) is 20.0. The van der Waals surface area contributed by atoms with E-state index in [2.05, 4.69) is 19.2 Å². The summed E-state index contributed by atoms with van der Waals surface area (Å²) in [7, 11) is 1.49. The van der Waals surface area contributed by atoms with Crippen LogP contribution in [0, 0.1) is 11.3 Å². The maximum absolute atomic E-state index is 12.5. The van der Waals surface area contributed by atoms with Gasteiger partial charge in [-0.05, 0) is 36.5 Å². The summed E-state index contributed by atoms with van der Waals surface area (Å²) in [6.07, 6.45) is 2.93. The van der Waals surface area contributed by atoms with Crippen molar-refractivity contribution in [3.63, 3.8) is 0 Å². The van der Waals surface area contributed by atoms with E-state index in [1.807, 2.05) is 0 Å². The molecule has 1 unspecified atom stereocenters. The number of anilines is 1. The number of carbonyl (C=O) groups excluding carboxylic acids is 1. The summed E-state index contributed by atoms with van der Waals surface area (Å²) in [4.78, 5) is 23.5. The van der Waals surface area contributed by atoms with Gasteiger partial charge in [-0.2, -0.15) is 0 Å². The standard InChI is InChI=1S/C16H21NO4/c1-16(2)8-4-5-11(16)14(18)17-12-9-10(15(19)20)6-7-13(12)21-3/h6-7,9,11H,4-5,8H2,1-3H3,(H,17,18)(H,19,20). The predicted octanol–water partition coefficient (Wildman–Crippen LogP) is 3.16. The molecule has 5 heteroatoms. The molecule has 1 aliphatic carbocycles. The largest absolute Gasteiger partial charge is 0.495 e. The molecule has 1 atom stereocenters. The van der Waals surface area contributed by atoms with E-state index in [0.717, 1.165) is 19.3 Å². The Hall–Kier alpha value is -2.04. The first-order valence-electron chi connectivity index (χ1n) is 7.07. The number of aromatic carboxylic acids is 1. The summed E-state index contributed by atoms with van der Waals surface area (Å²) in [6, 6.07) is 4.44. The van der Waals surface area contributed by atoms with E-state index in [9.17, 15) is 9.59 Å². The van der Waals surface area contributed by atoms with Crippen molar-refractivity contribution in [1.29, 1.82) is 0 Å². The van der Waals surface area contributed by atoms with Crippen LogP contribution in [0.15, 0.2) is 18.2 Å². The molecule has 1 aliphatic rings. The Morgan fingerprint density at radius 1 is 1.38 bits per heavy atom. The van der Waals surface area contributed by atoms with E-state index in [1.165, 1.54) is 19.2 Å². The Morgan fingerprint density at radius 3 is 2.62 bits per heavy atom. The van der Waals surface area contributed by atoms with Gasteiger partial charge in [0.15, 0.2) is 0 Å². The lowest BCUT2D eigenvalue weighted by Crippen LogP contribution is -2.31. The number of amides is 1. The quantitative estimate of drug-likeness (QED) is 0.893. The number of hydrogen-bond donors (Lipinski definition) is 2. The molecule has 1 fully saturated rings. The van der Waals surface area contributed by atoms with E-state index in [0.29, 0.717) is 11.4 Å². The molecule has 0 heterocycles. The van der Waals surface area contributed by atoms with Gasteiger partial charge in [0.05, 0.1) is 18.4 Å². The van der Waals surface area contributed by atoms with Crippen LogP contribution in [0.25, 0.3) is 0 Å². The van der Waals surface area contributed by atoms with Gasteiger partial charge in [0, 0.05) is 5.92 Å². The minimum atomic E-state index is -1.03. The third kappa shape index (κ3) is 3.17. The van der Waals surface area contributed by atoms with Gasteiger partial charge in [-0.1, -0.05) is 20.3 Å². The number of carboxylic acid groups (broad SMARTS) is 1. The second-order valence-corrected chi connectivity index (χ2v) is 6.14. The van der Waals surface area contributed by atoms with Crippen molar-refractivity contribution in [2.24, 2.45) is 11.3 Å². The lowest BCUT2D eigenvalue weighted by atomic mass is 9.81. The number of nitrogens with one attached hydrogen (secondary N) is 1. The molecule has 114 valence electrons. The molecular formula is C16H21NO4. The monoisotopic (exact) mass is 291 g/mol. The van der Waals surface area contributed by atoms with Gasteiger partial charge in [-0.3, -0.25) is 4.79 Å². The maximum Gasteiger partial charge on any atom is 0.335 e. The van der Waals surface area contributed by atoms with E-state index in [1.54, 1.807) is 6.07 Å². The number of rotatable bonds is 4. The molecule has 0 bridgehead atoms. The van der Waals surface area contributed by atoms with E-state index < -0.39 is 5.97 Å². The number of benzene rings is 1. The summed E-state index contributed by atoms with van der Waals surface area (Å²) in [5, 5.41) is 11.9. The van der Waals surface area contributed by atoms with Crippen molar-refractivity contribution < 1.29 is 19.4 Å². The number of carbonyl (C=O) groups is 2. The highest BCUT2D eigenvalue weighted by atomic mass is 16.5. The highest BCUT2D eigenvalue weighted by Crippen LogP contribution is 2.43. The van der Waals surface area contributed by atoms with Crippen molar-refractivity contribution in [3.05, 3.63) is 23.8 Å². The number of ether oxygens (including phenoxy) is 1. The predicted molar refractivity (Wildman–Crippen MR) is 79.7 cm³/mol. The Kier molecular flexibility index (Phi) is 4.21. The molecular weight excluding hydrogens is 270 g/mol. The van der Waals surface area contributed by atoms with Crippen molar-refractivity contribution in [3.8, 4) is 5.75 Å². The lowest BCUT2D eigenvalue weighted by molar-refractivity contribution is -0.122. The molecule has 1 amide bonds. The molecule has 0 radical (unpaired) electrons. The molecule has 1 saturated carbocycles. The van der Waals surface area contributed by atoms with Crippen LogP contribution in [-0.2, 0) is 4.79 Å². The molecule has 0 aliphatic heterocycles. The van der Waals surface area contributed by atoms with Crippen molar-refractivity contribution >= 4 is 17.6 Å². The summed E-state index contributed by atoms with van der Waals surface area (Å²) >= 11 is 0. The van der Waals surface area contributed by atoms with E-state index >= 15 is 0 Å². The zero-order valence-corrected chi connectivity index (χ0v) is 12.6. The zero-order chi connectivity index (χ0) is 15.6. The van der Waals surface area contributed by atoms with Crippen LogP contribution in [0.4, 0.5) is 5.69 Å². The first kappa shape index (κ1) is 15.4. The van der Waals surface area contributed by atoms with Gasteiger partial charge in [-0.15, -0.1) is 0 Å². The number of carboxylic acids is 1.